The van der Waals surface area contributed by atoms with Gasteiger partial charge in [-0.3, -0.25) is 24.3 Å². The number of aromatic nitrogens is 1. The molecule has 0 aliphatic carbocycles. The number of pyridine rings is 1. The molecule has 1 aliphatic rings. The Bertz CT molecular complexity index is 598. The molecule has 2 rings (SSSR count). The van der Waals surface area contributed by atoms with E-state index < -0.39 is 10.5 Å². The maximum Gasteiger partial charge on any atom is 0.285 e. The maximum atomic E-state index is 12.3. The molecule has 1 fully saturated rings. The number of hydrogen-bond acceptors (Lipinski definition) is 5. The van der Waals surface area contributed by atoms with Crippen molar-refractivity contribution in [3.05, 3.63) is 38.8 Å². The van der Waals surface area contributed by atoms with Crippen molar-refractivity contribution in [2.45, 2.75) is 31.8 Å². The van der Waals surface area contributed by atoms with Crippen molar-refractivity contribution in [1.82, 2.24) is 9.47 Å². The van der Waals surface area contributed by atoms with Crippen LogP contribution >= 0.6 is 0 Å². The highest BCUT2D eigenvalue weighted by atomic mass is 16.6. The van der Waals surface area contributed by atoms with Crippen LogP contribution in [-0.2, 0) is 11.3 Å². The van der Waals surface area contributed by atoms with Crippen LogP contribution in [-0.4, -0.2) is 39.4 Å². The first kappa shape index (κ1) is 15.2. The Morgan fingerprint density at radius 3 is 2.86 bits per heavy atom. The van der Waals surface area contributed by atoms with Crippen molar-refractivity contribution >= 4 is 11.6 Å². The molecule has 1 atom stereocenters. The summed E-state index contributed by atoms with van der Waals surface area (Å²) >= 11 is 0. The third-order valence-corrected chi connectivity index (χ3v) is 3.70. The quantitative estimate of drug-likeness (QED) is 0.625. The highest BCUT2D eigenvalue weighted by Gasteiger charge is 2.25. The molecule has 1 aliphatic heterocycles. The fourth-order valence-corrected chi connectivity index (χ4v) is 2.56. The Hall–Kier alpha value is -2.22. The van der Waals surface area contributed by atoms with E-state index in [9.17, 15) is 19.7 Å². The Balaban J connectivity index is 2.17. The van der Waals surface area contributed by atoms with E-state index >= 15 is 0 Å². The van der Waals surface area contributed by atoms with E-state index in [-0.39, 0.29) is 24.2 Å². The molecular formula is C13H18N4O4. The SMILES string of the molecule is NCC1CCCCN1C(=O)Cn1cc([N+](=O)[O-])ccc1=O. The van der Waals surface area contributed by atoms with Crippen LogP contribution in [0.25, 0.3) is 0 Å². The topological polar surface area (TPSA) is 111 Å². The lowest BCUT2D eigenvalue weighted by atomic mass is 10.0. The molecule has 1 unspecified atom stereocenters. The van der Waals surface area contributed by atoms with E-state index in [1.54, 1.807) is 4.90 Å². The minimum atomic E-state index is -0.593. The molecule has 8 nitrogen and oxygen atoms in total. The smallest absolute Gasteiger partial charge is 0.285 e. The number of carbonyl (C=O) groups excluding carboxylic acids is 1. The van der Waals surface area contributed by atoms with Crippen LogP contribution in [0.2, 0.25) is 0 Å². The van der Waals surface area contributed by atoms with Gasteiger partial charge in [0, 0.05) is 31.3 Å². The normalized spacial score (nSPS) is 18.5. The molecule has 1 aromatic rings. The summed E-state index contributed by atoms with van der Waals surface area (Å²) < 4.78 is 1.07. The summed E-state index contributed by atoms with van der Waals surface area (Å²) in [5.41, 5.74) is 5.02. The largest absolute Gasteiger partial charge is 0.337 e. The Morgan fingerprint density at radius 2 is 2.19 bits per heavy atom. The molecule has 8 heteroatoms. The van der Waals surface area contributed by atoms with Gasteiger partial charge in [-0.1, -0.05) is 0 Å². The van der Waals surface area contributed by atoms with E-state index in [1.807, 2.05) is 0 Å². The van der Waals surface area contributed by atoms with Gasteiger partial charge in [0.2, 0.25) is 5.91 Å². The second kappa shape index (κ2) is 6.49. The van der Waals surface area contributed by atoms with Crippen LogP contribution in [0.15, 0.2) is 23.1 Å². The zero-order chi connectivity index (χ0) is 15.4. The summed E-state index contributed by atoms with van der Waals surface area (Å²) in [6, 6.07) is 2.22. The van der Waals surface area contributed by atoms with Gasteiger partial charge in [-0.05, 0) is 19.3 Å². The van der Waals surface area contributed by atoms with Crippen molar-refractivity contribution in [2.75, 3.05) is 13.1 Å². The van der Waals surface area contributed by atoms with E-state index in [0.29, 0.717) is 13.1 Å². The number of nitrogens with two attached hydrogens (primary N) is 1. The van der Waals surface area contributed by atoms with E-state index in [4.69, 9.17) is 5.73 Å². The molecule has 1 aromatic heterocycles. The van der Waals surface area contributed by atoms with Gasteiger partial charge in [-0.2, -0.15) is 0 Å². The number of nitro groups is 1. The summed E-state index contributed by atoms with van der Waals surface area (Å²) in [5, 5.41) is 10.7. The molecule has 2 N–H and O–H groups in total. The zero-order valence-electron chi connectivity index (χ0n) is 11.6. The fraction of sp³-hybridized carbons (Fsp3) is 0.538. The highest BCUT2D eigenvalue weighted by molar-refractivity contribution is 5.76. The maximum absolute atomic E-state index is 12.3. The van der Waals surface area contributed by atoms with Gasteiger partial charge >= 0.3 is 0 Å². The number of likely N-dealkylation sites (tertiary alicyclic amines) is 1. The van der Waals surface area contributed by atoms with E-state index in [2.05, 4.69) is 0 Å². The zero-order valence-corrected chi connectivity index (χ0v) is 11.6. The van der Waals surface area contributed by atoms with Crippen LogP contribution in [0.5, 0.6) is 0 Å². The Morgan fingerprint density at radius 1 is 1.43 bits per heavy atom. The number of carbonyl (C=O) groups is 1. The fourth-order valence-electron chi connectivity index (χ4n) is 2.56. The molecule has 0 saturated carbocycles. The first-order valence-electron chi connectivity index (χ1n) is 6.87. The van der Waals surface area contributed by atoms with Crippen molar-refractivity contribution in [3.8, 4) is 0 Å². The second-order valence-electron chi connectivity index (χ2n) is 5.08. The molecule has 0 spiro atoms. The summed E-state index contributed by atoms with van der Waals surface area (Å²) in [5.74, 6) is -0.229. The van der Waals surface area contributed by atoms with Crippen LogP contribution in [0.1, 0.15) is 19.3 Å². The first-order valence-corrected chi connectivity index (χ1v) is 6.87. The summed E-state index contributed by atoms with van der Waals surface area (Å²) in [6.07, 6.45) is 3.89. The van der Waals surface area contributed by atoms with Crippen molar-refractivity contribution in [3.63, 3.8) is 0 Å². The average Bonchev–Trinajstić information content (AvgIpc) is 2.49. The van der Waals surface area contributed by atoms with E-state index in [1.165, 1.54) is 0 Å². The number of rotatable bonds is 4. The highest BCUT2D eigenvalue weighted by Crippen LogP contribution is 2.16. The lowest BCUT2D eigenvalue weighted by Gasteiger charge is -2.35. The second-order valence-corrected chi connectivity index (χ2v) is 5.08. The van der Waals surface area contributed by atoms with Crippen LogP contribution in [0, 0.1) is 10.1 Å². The minimum absolute atomic E-state index is 0.0133. The van der Waals surface area contributed by atoms with Gasteiger partial charge in [0.25, 0.3) is 11.2 Å². The van der Waals surface area contributed by atoms with Crippen molar-refractivity contribution in [1.29, 1.82) is 0 Å². The van der Waals surface area contributed by atoms with Crippen molar-refractivity contribution in [2.24, 2.45) is 5.73 Å². The predicted octanol–water partition coefficient (Wildman–Crippen LogP) is 0.0963. The lowest BCUT2D eigenvalue weighted by Crippen LogP contribution is -2.49. The monoisotopic (exact) mass is 294 g/mol. The molecule has 2 heterocycles. The first-order chi connectivity index (χ1) is 10.0. The number of hydrogen-bond donors (Lipinski definition) is 1. The Labute approximate surface area is 121 Å². The van der Waals surface area contributed by atoms with Crippen LogP contribution in [0.3, 0.4) is 0 Å². The van der Waals surface area contributed by atoms with Gasteiger partial charge < -0.3 is 10.6 Å². The number of nitrogens with zero attached hydrogens (tertiary/aromatic N) is 3. The van der Waals surface area contributed by atoms with Gasteiger partial charge in [-0.15, -0.1) is 0 Å². The third-order valence-electron chi connectivity index (χ3n) is 3.70. The molecule has 0 aromatic carbocycles. The molecule has 1 saturated heterocycles. The molecular weight excluding hydrogens is 276 g/mol. The molecule has 21 heavy (non-hydrogen) atoms. The summed E-state index contributed by atoms with van der Waals surface area (Å²) in [6.45, 7) is 0.803. The van der Waals surface area contributed by atoms with Gasteiger partial charge in [0.1, 0.15) is 6.54 Å². The minimum Gasteiger partial charge on any atom is -0.337 e. The van der Waals surface area contributed by atoms with Crippen LogP contribution < -0.4 is 11.3 Å². The molecule has 114 valence electrons. The number of amides is 1. The van der Waals surface area contributed by atoms with Crippen molar-refractivity contribution < 1.29 is 9.72 Å². The molecule has 1 amide bonds. The van der Waals surface area contributed by atoms with Gasteiger partial charge in [0.05, 0.1) is 11.1 Å². The standard InChI is InChI=1S/C13H18N4O4/c14-7-10-3-1-2-6-16(10)13(19)9-15-8-11(17(20)21)4-5-12(15)18/h4-5,8,10H,1-3,6-7,9,14H2. The molecule has 0 radical (unpaired) electrons. The van der Waals surface area contributed by atoms with Gasteiger partial charge in [-0.25, -0.2) is 0 Å². The van der Waals surface area contributed by atoms with Crippen LogP contribution in [0.4, 0.5) is 5.69 Å². The average molecular weight is 294 g/mol. The lowest BCUT2D eigenvalue weighted by molar-refractivity contribution is -0.385. The third kappa shape index (κ3) is 3.46. The number of piperidine rings is 1. The summed E-state index contributed by atoms with van der Waals surface area (Å²) in [4.78, 5) is 35.8. The Kier molecular flexibility index (Phi) is 4.69. The van der Waals surface area contributed by atoms with E-state index in [0.717, 1.165) is 42.2 Å². The molecule has 0 bridgehead atoms. The van der Waals surface area contributed by atoms with Gasteiger partial charge in [0.15, 0.2) is 0 Å². The summed E-state index contributed by atoms with van der Waals surface area (Å²) in [7, 11) is 0. The predicted molar refractivity (Wildman–Crippen MR) is 75.8 cm³/mol.